The molecule has 0 saturated carbocycles. The van der Waals surface area contributed by atoms with Crippen LogP contribution in [0.15, 0.2) is 52.6 Å². The normalized spacial score (nSPS) is 15.2. The molecule has 0 unspecified atom stereocenters. The van der Waals surface area contributed by atoms with Gasteiger partial charge in [-0.3, -0.25) is 0 Å². The van der Waals surface area contributed by atoms with Gasteiger partial charge in [-0.1, -0.05) is 18.2 Å². The Hall–Kier alpha value is -2.14. The van der Waals surface area contributed by atoms with Gasteiger partial charge in [-0.25, -0.2) is 0 Å². The van der Waals surface area contributed by atoms with Gasteiger partial charge in [0.2, 0.25) is 5.95 Å². The van der Waals surface area contributed by atoms with Crippen LogP contribution in [0.25, 0.3) is 0 Å². The molecule has 2 nitrogen and oxygen atoms in total. The van der Waals surface area contributed by atoms with E-state index in [1.165, 1.54) is 30.3 Å². The second kappa shape index (κ2) is 6.40. The van der Waals surface area contributed by atoms with Crippen LogP contribution in [0.3, 0.4) is 0 Å². The summed E-state index contributed by atoms with van der Waals surface area (Å²) in [6.07, 6.45) is -8.44. The molecule has 1 rings (SSSR count). The Labute approximate surface area is 127 Å². The van der Waals surface area contributed by atoms with Crippen LogP contribution in [0.2, 0.25) is 0 Å². The number of nitrogens with zero attached hydrogens (tertiary/aromatic N) is 2. The molecule has 0 atom stereocenters. The van der Waals surface area contributed by atoms with Gasteiger partial charge in [-0.05, 0) is 12.1 Å². The number of azo groups is 1. The lowest BCUT2D eigenvalue weighted by atomic mass is 10.0. The molecule has 0 spiro atoms. The molecule has 134 valence electrons. The fourth-order valence-electron chi connectivity index (χ4n) is 1.26. The number of halogens is 10. The maximum Gasteiger partial charge on any atom is 0.460 e. The largest absolute Gasteiger partial charge is 0.460 e. The van der Waals surface area contributed by atoms with Crippen LogP contribution in [0.4, 0.5) is 49.6 Å². The van der Waals surface area contributed by atoms with Gasteiger partial charge in [-0.2, -0.15) is 43.9 Å². The molecular weight excluding hydrogens is 362 g/mol. The molecule has 0 heterocycles. The van der Waals surface area contributed by atoms with Crippen LogP contribution in [-0.2, 0) is 0 Å². The molecule has 1 aromatic carbocycles. The molecule has 0 aromatic heterocycles. The Morgan fingerprint density at radius 3 is 1.75 bits per heavy atom. The Bertz CT molecular complexity index is 618. The standard InChI is InChI=1S/C12H6F10N2/c13-8(24-23-7-4-2-1-3-5-7)6-9(14,15)10(16,17)11(18,19)12(20,21)22/h1-6H/b8-6-,24-23?. The third-order valence-corrected chi connectivity index (χ3v) is 2.49. The van der Waals surface area contributed by atoms with Crippen molar-refractivity contribution in [2.45, 2.75) is 23.9 Å². The predicted octanol–water partition coefficient (Wildman–Crippen LogP) is 6.05. The third-order valence-electron chi connectivity index (χ3n) is 2.49. The molecule has 12 heteroatoms. The van der Waals surface area contributed by atoms with Crippen molar-refractivity contribution in [2.75, 3.05) is 0 Å². The van der Waals surface area contributed by atoms with Crippen LogP contribution < -0.4 is 0 Å². The Morgan fingerprint density at radius 2 is 1.29 bits per heavy atom. The van der Waals surface area contributed by atoms with Crippen LogP contribution in [0.1, 0.15) is 0 Å². The lowest BCUT2D eigenvalue weighted by molar-refractivity contribution is -0.388. The van der Waals surface area contributed by atoms with Gasteiger partial charge in [0.25, 0.3) is 0 Å². The first-order chi connectivity index (χ1) is 10.7. The second-order valence-corrected chi connectivity index (χ2v) is 4.27. The van der Waals surface area contributed by atoms with Gasteiger partial charge >= 0.3 is 23.9 Å². The zero-order valence-electron chi connectivity index (χ0n) is 11.1. The molecule has 0 amide bonds. The van der Waals surface area contributed by atoms with E-state index in [1.54, 1.807) is 0 Å². The number of alkyl halides is 9. The maximum atomic E-state index is 13.1. The smallest absolute Gasteiger partial charge is 0.195 e. The maximum absolute atomic E-state index is 13.1. The SMILES string of the molecule is F/C(=C/C(F)(F)C(F)(F)C(F)(F)C(F)(F)F)N=Nc1ccccc1. The molecule has 1 aromatic rings. The van der Waals surface area contributed by atoms with E-state index in [9.17, 15) is 43.9 Å². The summed E-state index contributed by atoms with van der Waals surface area (Å²) in [6.45, 7) is 0. The summed E-state index contributed by atoms with van der Waals surface area (Å²) in [5.74, 6) is -22.7. The highest BCUT2D eigenvalue weighted by Gasteiger charge is 2.81. The van der Waals surface area contributed by atoms with Gasteiger partial charge in [0.15, 0.2) is 0 Å². The van der Waals surface area contributed by atoms with Crippen molar-refractivity contribution in [3.05, 3.63) is 42.4 Å². The highest BCUT2D eigenvalue weighted by atomic mass is 19.4. The second-order valence-electron chi connectivity index (χ2n) is 4.27. The van der Waals surface area contributed by atoms with E-state index in [0.717, 1.165) is 0 Å². The first-order valence-corrected chi connectivity index (χ1v) is 5.78. The number of rotatable bonds is 5. The Kier molecular flexibility index (Phi) is 5.31. The van der Waals surface area contributed by atoms with E-state index in [-0.39, 0.29) is 5.69 Å². The van der Waals surface area contributed by atoms with Crippen LogP contribution in [0, 0.1) is 0 Å². The van der Waals surface area contributed by atoms with Gasteiger partial charge in [-0.15, -0.1) is 10.2 Å². The van der Waals surface area contributed by atoms with Crippen molar-refractivity contribution >= 4 is 5.69 Å². The van der Waals surface area contributed by atoms with Crippen molar-refractivity contribution in [2.24, 2.45) is 10.2 Å². The minimum atomic E-state index is -7.10. The van der Waals surface area contributed by atoms with Crippen LogP contribution >= 0.6 is 0 Å². The first-order valence-electron chi connectivity index (χ1n) is 5.78. The summed E-state index contributed by atoms with van der Waals surface area (Å²) in [7, 11) is 0. The molecule has 24 heavy (non-hydrogen) atoms. The molecular formula is C12H6F10N2. The van der Waals surface area contributed by atoms with Crippen molar-refractivity contribution in [3.8, 4) is 0 Å². The summed E-state index contributed by atoms with van der Waals surface area (Å²) < 4.78 is 126. The molecule has 0 aliphatic heterocycles. The van der Waals surface area contributed by atoms with Gasteiger partial charge in [0.1, 0.15) is 0 Å². The molecule has 0 saturated heterocycles. The topological polar surface area (TPSA) is 24.7 Å². The van der Waals surface area contributed by atoms with E-state index in [1.807, 2.05) is 0 Å². The summed E-state index contributed by atoms with van der Waals surface area (Å²) in [5, 5.41) is 5.39. The van der Waals surface area contributed by atoms with E-state index in [0.29, 0.717) is 0 Å². The average molecular weight is 368 g/mol. The minimum absolute atomic E-state index is 0.114. The van der Waals surface area contributed by atoms with Gasteiger partial charge in [0.05, 0.1) is 5.69 Å². The van der Waals surface area contributed by atoms with E-state index < -0.39 is 36.0 Å². The quantitative estimate of drug-likeness (QED) is 0.343. The first kappa shape index (κ1) is 19.9. The Morgan fingerprint density at radius 1 is 0.792 bits per heavy atom. The summed E-state index contributed by atoms with van der Waals surface area (Å²) in [4.78, 5) is 0. The average Bonchev–Trinajstić information content (AvgIpc) is 2.44. The molecule has 0 radical (unpaired) electrons. The van der Waals surface area contributed by atoms with E-state index in [4.69, 9.17) is 0 Å². The number of allylic oxidation sites excluding steroid dienone is 1. The van der Waals surface area contributed by atoms with Crippen LogP contribution in [-0.4, -0.2) is 23.9 Å². The van der Waals surface area contributed by atoms with Crippen LogP contribution in [0.5, 0.6) is 0 Å². The third kappa shape index (κ3) is 3.85. The van der Waals surface area contributed by atoms with Crippen molar-refractivity contribution in [3.63, 3.8) is 0 Å². The van der Waals surface area contributed by atoms with Gasteiger partial charge in [0, 0.05) is 6.08 Å². The fraction of sp³-hybridized carbons (Fsp3) is 0.333. The number of benzene rings is 1. The van der Waals surface area contributed by atoms with E-state index >= 15 is 0 Å². The lowest BCUT2D eigenvalue weighted by Crippen LogP contribution is -2.60. The molecule has 0 aliphatic rings. The number of hydrogen-bond acceptors (Lipinski definition) is 2. The lowest BCUT2D eigenvalue weighted by Gasteiger charge is -2.31. The monoisotopic (exact) mass is 368 g/mol. The molecule has 0 fully saturated rings. The highest BCUT2D eigenvalue weighted by Crippen LogP contribution is 2.53. The molecule has 0 N–H and O–H groups in total. The summed E-state index contributed by atoms with van der Waals surface area (Å²) in [6, 6.07) is 6.60. The summed E-state index contributed by atoms with van der Waals surface area (Å²) in [5.41, 5.74) is -0.114. The highest BCUT2D eigenvalue weighted by molar-refractivity contribution is 5.34. The molecule has 0 bridgehead atoms. The van der Waals surface area contributed by atoms with Crippen molar-refractivity contribution < 1.29 is 43.9 Å². The predicted molar refractivity (Wildman–Crippen MR) is 61.0 cm³/mol. The van der Waals surface area contributed by atoms with Crippen molar-refractivity contribution in [1.82, 2.24) is 0 Å². The summed E-state index contributed by atoms with van der Waals surface area (Å²) >= 11 is 0. The zero-order chi connectivity index (χ0) is 18.8. The minimum Gasteiger partial charge on any atom is -0.195 e. The Balaban J connectivity index is 3.12. The van der Waals surface area contributed by atoms with E-state index in [2.05, 4.69) is 10.2 Å². The molecule has 0 aliphatic carbocycles. The fourth-order valence-corrected chi connectivity index (χ4v) is 1.26. The zero-order valence-corrected chi connectivity index (χ0v) is 11.1. The number of hydrogen-bond donors (Lipinski definition) is 0. The van der Waals surface area contributed by atoms with Gasteiger partial charge < -0.3 is 0 Å². The van der Waals surface area contributed by atoms with Crippen molar-refractivity contribution in [1.29, 1.82) is 0 Å².